The van der Waals surface area contributed by atoms with Gasteiger partial charge in [0.15, 0.2) is 0 Å². The highest BCUT2D eigenvalue weighted by molar-refractivity contribution is 5.78. The van der Waals surface area contributed by atoms with Crippen molar-refractivity contribution in [2.45, 2.75) is 25.8 Å². The fraction of sp³-hybridized carbons (Fsp3) is 0.889. The third kappa shape index (κ3) is 4.55. The first kappa shape index (κ1) is 13.4. The van der Waals surface area contributed by atoms with Crippen molar-refractivity contribution in [3.63, 3.8) is 0 Å². The van der Waals surface area contributed by atoms with Crippen molar-refractivity contribution in [3.05, 3.63) is 0 Å². The van der Waals surface area contributed by atoms with Gasteiger partial charge in [-0.2, -0.15) is 0 Å². The van der Waals surface area contributed by atoms with E-state index in [-0.39, 0.29) is 13.2 Å². The smallest absolute Gasteiger partial charge is 0.323 e. The molecule has 0 spiro atoms. The Morgan fingerprint density at radius 2 is 2.14 bits per heavy atom. The van der Waals surface area contributed by atoms with Gasteiger partial charge < -0.3 is 14.9 Å². The van der Waals surface area contributed by atoms with Crippen molar-refractivity contribution in [3.8, 4) is 0 Å². The molecule has 0 aliphatic rings. The van der Waals surface area contributed by atoms with E-state index in [4.69, 9.17) is 14.9 Å². The first-order valence-corrected chi connectivity index (χ1v) is 4.74. The van der Waals surface area contributed by atoms with Crippen LogP contribution in [0.15, 0.2) is 0 Å². The zero-order chi connectivity index (χ0) is 11.0. The van der Waals surface area contributed by atoms with Crippen LogP contribution in [0.3, 0.4) is 0 Å². The fourth-order valence-corrected chi connectivity index (χ4v) is 0.918. The molecule has 0 bridgehead atoms. The van der Waals surface area contributed by atoms with Crippen LogP contribution in [-0.4, -0.2) is 48.1 Å². The van der Waals surface area contributed by atoms with Gasteiger partial charge >= 0.3 is 5.97 Å². The van der Waals surface area contributed by atoms with Crippen LogP contribution >= 0.6 is 0 Å². The van der Waals surface area contributed by atoms with Gasteiger partial charge in [-0.25, -0.2) is 0 Å². The third-order valence-electron chi connectivity index (χ3n) is 2.18. The lowest BCUT2D eigenvalue weighted by molar-refractivity contribution is -0.144. The zero-order valence-electron chi connectivity index (χ0n) is 8.75. The largest absolute Gasteiger partial charge is 0.480 e. The number of hydrogen-bond acceptors (Lipinski definition) is 4. The summed E-state index contributed by atoms with van der Waals surface area (Å²) < 4.78 is 5.00. The summed E-state index contributed by atoms with van der Waals surface area (Å²) in [6.45, 7) is 4.61. The zero-order valence-corrected chi connectivity index (χ0v) is 8.75. The van der Waals surface area contributed by atoms with Gasteiger partial charge in [-0.3, -0.25) is 10.1 Å². The van der Waals surface area contributed by atoms with E-state index in [0.29, 0.717) is 19.6 Å². The van der Waals surface area contributed by atoms with Gasteiger partial charge in [0.25, 0.3) is 0 Å². The summed E-state index contributed by atoms with van der Waals surface area (Å²) in [6.07, 6.45) is 0.516. The predicted octanol–water partition coefficient (Wildman–Crippen LogP) is -0.162. The number of aliphatic hydroxyl groups excluding tert-OH is 1. The second kappa shape index (κ2) is 6.75. The molecule has 0 rings (SSSR count). The van der Waals surface area contributed by atoms with E-state index >= 15 is 0 Å². The van der Waals surface area contributed by atoms with Crippen LogP contribution in [0.5, 0.6) is 0 Å². The standard InChI is InChI=1S/C9H19NO4/c1-3-9(2,8(12)13)10-4-6-14-7-5-11/h10-11H,3-7H2,1-2H3,(H,12,13). The molecule has 0 aromatic heterocycles. The first-order valence-electron chi connectivity index (χ1n) is 4.74. The van der Waals surface area contributed by atoms with E-state index in [0.717, 1.165) is 0 Å². The molecule has 0 saturated carbocycles. The average molecular weight is 205 g/mol. The minimum absolute atomic E-state index is 0.00994. The van der Waals surface area contributed by atoms with Crippen molar-refractivity contribution in [2.75, 3.05) is 26.4 Å². The predicted molar refractivity (Wildman–Crippen MR) is 52.2 cm³/mol. The molecule has 0 fully saturated rings. The average Bonchev–Trinajstić information content (AvgIpc) is 2.17. The first-order chi connectivity index (χ1) is 6.56. The summed E-state index contributed by atoms with van der Waals surface area (Å²) in [4.78, 5) is 10.8. The molecule has 14 heavy (non-hydrogen) atoms. The van der Waals surface area contributed by atoms with E-state index in [1.807, 2.05) is 6.92 Å². The maximum atomic E-state index is 10.8. The highest BCUT2D eigenvalue weighted by atomic mass is 16.5. The van der Waals surface area contributed by atoms with Gasteiger partial charge in [0, 0.05) is 6.54 Å². The topological polar surface area (TPSA) is 78.8 Å². The molecule has 5 heteroatoms. The van der Waals surface area contributed by atoms with Crippen molar-refractivity contribution < 1.29 is 19.7 Å². The summed E-state index contributed by atoms with van der Waals surface area (Å²) >= 11 is 0. The van der Waals surface area contributed by atoms with Crippen molar-refractivity contribution >= 4 is 5.97 Å². The molecule has 5 nitrogen and oxygen atoms in total. The Labute approximate surface area is 84.1 Å². The molecule has 0 heterocycles. The Bertz CT molecular complexity index is 174. The molecule has 0 radical (unpaired) electrons. The van der Waals surface area contributed by atoms with Crippen molar-refractivity contribution in [1.29, 1.82) is 0 Å². The molecular formula is C9H19NO4. The van der Waals surface area contributed by atoms with E-state index in [9.17, 15) is 4.79 Å². The number of carboxylic acids is 1. The van der Waals surface area contributed by atoms with Crippen LogP contribution in [-0.2, 0) is 9.53 Å². The number of carboxylic acid groups (broad SMARTS) is 1. The van der Waals surface area contributed by atoms with Crippen LogP contribution in [0.4, 0.5) is 0 Å². The summed E-state index contributed by atoms with van der Waals surface area (Å²) in [7, 11) is 0. The fourth-order valence-electron chi connectivity index (χ4n) is 0.918. The lowest BCUT2D eigenvalue weighted by Gasteiger charge is -2.24. The molecule has 0 aliphatic heterocycles. The van der Waals surface area contributed by atoms with E-state index < -0.39 is 11.5 Å². The minimum atomic E-state index is -0.886. The van der Waals surface area contributed by atoms with E-state index in [2.05, 4.69) is 5.32 Å². The number of aliphatic carboxylic acids is 1. The highest BCUT2D eigenvalue weighted by Crippen LogP contribution is 2.08. The maximum absolute atomic E-state index is 10.8. The van der Waals surface area contributed by atoms with Gasteiger partial charge in [-0.05, 0) is 13.3 Å². The number of rotatable bonds is 8. The van der Waals surface area contributed by atoms with Crippen LogP contribution in [0, 0.1) is 0 Å². The molecule has 0 aromatic carbocycles. The van der Waals surface area contributed by atoms with E-state index in [1.165, 1.54) is 0 Å². The summed E-state index contributed by atoms with van der Waals surface area (Å²) in [6, 6.07) is 0. The molecule has 0 saturated heterocycles. The van der Waals surface area contributed by atoms with Gasteiger partial charge in [-0.15, -0.1) is 0 Å². The molecule has 0 amide bonds. The molecule has 1 unspecified atom stereocenters. The SMILES string of the molecule is CCC(C)(NCCOCCO)C(=O)O. The van der Waals surface area contributed by atoms with Gasteiger partial charge in [0.2, 0.25) is 0 Å². The lowest BCUT2D eigenvalue weighted by Crippen LogP contribution is -2.50. The lowest BCUT2D eigenvalue weighted by atomic mass is 9.99. The van der Waals surface area contributed by atoms with Crippen molar-refractivity contribution in [2.24, 2.45) is 0 Å². The quantitative estimate of drug-likeness (QED) is 0.480. The number of carbonyl (C=O) groups is 1. The van der Waals surface area contributed by atoms with Crippen LogP contribution in [0.1, 0.15) is 20.3 Å². The Kier molecular flexibility index (Phi) is 6.44. The van der Waals surface area contributed by atoms with Crippen LogP contribution in [0.25, 0.3) is 0 Å². The Hall–Kier alpha value is -0.650. The molecule has 0 aromatic rings. The summed E-state index contributed by atoms with van der Waals surface area (Å²) in [5, 5.41) is 20.2. The number of hydrogen-bond donors (Lipinski definition) is 3. The minimum Gasteiger partial charge on any atom is -0.480 e. The summed E-state index contributed by atoms with van der Waals surface area (Å²) in [5.41, 5.74) is -0.886. The third-order valence-corrected chi connectivity index (χ3v) is 2.18. The van der Waals surface area contributed by atoms with Gasteiger partial charge in [-0.1, -0.05) is 6.92 Å². The van der Waals surface area contributed by atoms with Crippen molar-refractivity contribution in [1.82, 2.24) is 5.32 Å². The van der Waals surface area contributed by atoms with Gasteiger partial charge in [0.05, 0.1) is 19.8 Å². The number of aliphatic hydroxyl groups is 1. The molecular weight excluding hydrogens is 186 g/mol. The van der Waals surface area contributed by atoms with Gasteiger partial charge in [0.1, 0.15) is 5.54 Å². The molecule has 3 N–H and O–H groups in total. The number of ether oxygens (including phenoxy) is 1. The Balaban J connectivity index is 3.68. The number of nitrogens with one attached hydrogen (secondary N) is 1. The maximum Gasteiger partial charge on any atom is 0.323 e. The monoisotopic (exact) mass is 205 g/mol. The molecule has 84 valence electrons. The van der Waals surface area contributed by atoms with Crippen LogP contribution in [0.2, 0.25) is 0 Å². The second-order valence-electron chi connectivity index (χ2n) is 3.25. The van der Waals surface area contributed by atoms with Crippen LogP contribution < -0.4 is 5.32 Å². The highest BCUT2D eigenvalue weighted by Gasteiger charge is 2.29. The second-order valence-corrected chi connectivity index (χ2v) is 3.25. The summed E-state index contributed by atoms with van der Waals surface area (Å²) in [5.74, 6) is -0.859. The Morgan fingerprint density at radius 1 is 1.50 bits per heavy atom. The normalized spacial score (nSPS) is 15.1. The van der Waals surface area contributed by atoms with E-state index in [1.54, 1.807) is 6.92 Å². The molecule has 1 atom stereocenters. The molecule has 0 aliphatic carbocycles. The Morgan fingerprint density at radius 3 is 2.57 bits per heavy atom.